The number of nitrogens with zero attached hydrogens (tertiary/aromatic N) is 2. The van der Waals surface area contributed by atoms with Gasteiger partial charge < -0.3 is 10.2 Å². The minimum Gasteiger partial charge on any atom is -0.399 e. The van der Waals surface area contributed by atoms with Crippen LogP contribution in [0.2, 0.25) is 5.02 Å². The highest BCUT2D eigenvalue weighted by molar-refractivity contribution is 6.30. The van der Waals surface area contributed by atoms with Gasteiger partial charge in [-0.05, 0) is 49.2 Å². The lowest BCUT2D eigenvalue weighted by Crippen LogP contribution is -2.30. The van der Waals surface area contributed by atoms with E-state index in [1.165, 1.54) is 20.2 Å². The zero-order valence-electron chi connectivity index (χ0n) is 17.2. The van der Waals surface area contributed by atoms with Crippen molar-refractivity contribution in [2.75, 3.05) is 7.11 Å². The van der Waals surface area contributed by atoms with Crippen LogP contribution in [0, 0.1) is 18.6 Å². The van der Waals surface area contributed by atoms with Crippen LogP contribution in [0.15, 0.2) is 47.8 Å². The molecule has 0 aliphatic heterocycles. The van der Waals surface area contributed by atoms with Crippen LogP contribution < -0.4 is 5.32 Å². The van der Waals surface area contributed by atoms with E-state index in [-0.39, 0.29) is 22.4 Å². The summed E-state index contributed by atoms with van der Waals surface area (Å²) in [4.78, 5) is 17.9. The van der Waals surface area contributed by atoms with Crippen molar-refractivity contribution >= 4 is 23.2 Å². The van der Waals surface area contributed by atoms with Gasteiger partial charge in [-0.15, -0.1) is 0 Å². The topological polar surface area (TPSA) is 79.4 Å². The van der Waals surface area contributed by atoms with E-state index in [9.17, 15) is 13.6 Å². The number of hydrogen-bond acceptors (Lipinski definition) is 4. The highest BCUT2D eigenvalue weighted by Crippen LogP contribution is 2.30. The Morgan fingerprint density at radius 1 is 1.29 bits per heavy atom. The summed E-state index contributed by atoms with van der Waals surface area (Å²) in [5.74, 6) is -1.76. The van der Waals surface area contributed by atoms with E-state index in [1.54, 1.807) is 25.1 Å². The van der Waals surface area contributed by atoms with E-state index in [1.807, 2.05) is 6.07 Å². The molecule has 0 saturated heterocycles. The molecule has 0 fully saturated rings. The third kappa shape index (κ3) is 5.08. The molecule has 3 aromatic rings. The van der Waals surface area contributed by atoms with Crippen molar-refractivity contribution in [1.29, 1.82) is 0 Å². The Labute approximate surface area is 183 Å². The first kappa shape index (κ1) is 22.4. The van der Waals surface area contributed by atoms with Gasteiger partial charge in [-0.2, -0.15) is 5.10 Å². The zero-order valence-corrected chi connectivity index (χ0v) is 17.9. The normalized spacial score (nSPS) is 12.5. The number of oxime groups is 1. The van der Waals surface area contributed by atoms with Crippen LogP contribution in [0.3, 0.4) is 0 Å². The Kier molecular flexibility index (Phi) is 7.02. The Morgan fingerprint density at radius 3 is 2.74 bits per heavy atom. The van der Waals surface area contributed by atoms with Crippen molar-refractivity contribution in [2.24, 2.45) is 5.16 Å². The number of halogens is 3. The maximum absolute atomic E-state index is 14.5. The van der Waals surface area contributed by atoms with Crippen LogP contribution in [0.1, 0.15) is 40.9 Å². The average Bonchev–Trinajstić information content (AvgIpc) is 3.20. The van der Waals surface area contributed by atoms with Crippen molar-refractivity contribution in [3.63, 3.8) is 0 Å². The van der Waals surface area contributed by atoms with Gasteiger partial charge in [0.15, 0.2) is 0 Å². The Balaban J connectivity index is 1.96. The van der Waals surface area contributed by atoms with E-state index in [0.29, 0.717) is 17.2 Å². The second kappa shape index (κ2) is 9.70. The number of H-pyrrole nitrogens is 1. The molecular weight excluding hydrogens is 426 g/mol. The molecule has 3 rings (SSSR count). The first-order valence-corrected chi connectivity index (χ1v) is 9.81. The summed E-state index contributed by atoms with van der Waals surface area (Å²) in [6.07, 6.45) is 1.63. The fraction of sp³-hybridized carbons (Fsp3) is 0.227. The summed E-state index contributed by atoms with van der Waals surface area (Å²) in [6, 6.07) is 8.61. The Bertz CT molecular complexity index is 1130. The molecule has 2 N–H and O–H groups in total. The SMILES string of the molecule is CO/N=C(\C)C[C@H](NC(=O)c1cn[nH]c1-c1c(F)ccc(F)c1C)c1cccc(Cl)c1. The summed E-state index contributed by atoms with van der Waals surface area (Å²) >= 11 is 6.12. The van der Waals surface area contributed by atoms with Gasteiger partial charge in [0.1, 0.15) is 18.7 Å². The van der Waals surface area contributed by atoms with Crippen molar-refractivity contribution in [2.45, 2.75) is 26.3 Å². The molecule has 1 aromatic heterocycles. The van der Waals surface area contributed by atoms with Gasteiger partial charge in [0, 0.05) is 17.0 Å². The molecule has 162 valence electrons. The summed E-state index contributed by atoms with van der Waals surface area (Å²) < 4.78 is 28.5. The maximum atomic E-state index is 14.5. The monoisotopic (exact) mass is 446 g/mol. The molecule has 6 nitrogen and oxygen atoms in total. The zero-order chi connectivity index (χ0) is 22.5. The number of amides is 1. The lowest BCUT2D eigenvalue weighted by molar-refractivity contribution is 0.0938. The third-order valence-corrected chi connectivity index (χ3v) is 5.02. The minimum atomic E-state index is -0.660. The molecule has 0 unspecified atom stereocenters. The second-order valence-corrected chi connectivity index (χ2v) is 7.42. The van der Waals surface area contributed by atoms with Crippen LogP contribution >= 0.6 is 11.6 Å². The number of nitrogens with one attached hydrogen (secondary N) is 2. The van der Waals surface area contributed by atoms with Gasteiger partial charge in [-0.1, -0.05) is 28.9 Å². The molecule has 1 heterocycles. The van der Waals surface area contributed by atoms with E-state index >= 15 is 0 Å². The highest BCUT2D eigenvalue weighted by atomic mass is 35.5. The van der Waals surface area contributed by atoms with Gasteiger partial charge in [-0.25, -0.2) is 8.78 Å². The van der Waals surface area contributed by atoms with Gasteiger partial charge >= 0.3 is 0 Å². The summed E-state index contributed by atoms with van der Waals surface area (Å²) in [6.45, 7) is 3.21. The number of rotatable bonds is 7. The summed E-state index contributed by atoms with van der Waals surface area (Å²) in [5, 5.41) is 13.8. The molecule has 0 aliphatic carbocycles. The van der Waals surface area contributed by atoms with Crippen LogP contribution in [0.4, 0.5) is 8.78 Å². The predicted molar refractivity (Wildman–Crippen MR) is 115 cm³/mol. The predicted octanol–water partition coefficient (Wildman–Crippen LogP) is 5.20. The first-order valence-electron chi connectivity index (χ1n) is 9.43. The fourth-order valence-corrected chi connectivity index (χ4v) is 3.51. The van der Waals surface area contributed by atoms with Crippen LogP contribution in [-0.2, 0) is 4.84 Å². The molecule has 1 amide bonds. The van der Waals surface area contributed by atoms with Gasteiger partial charge in [0.2, 0.25) is 0 Å². The average molecular weight is 447 g/mol. The maximum Gasteiger partial charge on any atom is 0.255 e. The third-order valence-electron chi connectivity index (χ3n) is 4.79. The quantitative estimate of drug-likeness (QED) is 0.386. The molecule has 1 atom stereocenters. The lowest BCUT2D eigenvalue weighted by Gasteiger charge is -2.19. The Morgan fingerprint density at radius 2 is 2.03 bits per heavy atom. The van der Waals surface area contributed by atoms with Crippen LogP contribution in [-0.4, -0.2) is 28.9 Å². The molecule has 31 heavy (non-hydrogen) atoms. The number of aromatic nitrogens is 2. The number of carbonyl (C=O) groups is 1. The smallest absolute Gasteiger partial charge is 0.255 e. The molecule has 2 aromatic carbocycles. The van der Waals surface area contributed by atoms with Crippen molar-refractivity contribution in [3.05, 3.63) is 75.9 Å². The fourth-order valence-electron chi connectivity index (χ4n) is 3.31. The van der Waals surface area contributed by atoms with Gasteiger partial charge in [-0.3, -0.25) is 9.89 Å². The molecular formula is C22H21ClF2N4O2. The molecule has 0 aliphatic rings. The van der Waals surface area contributed by atoms with Gasteiger partial charge in [0.25, 0.3) is 5.91 Å². The Hall–Kier alpha value is -3.26. The summed E-state index contributed by atoms with van der Waals surface area (Å²) in [5.41, 5.74) is 1.61. The molecule has 0 bridgehead atoms. The summed E-state index contributed by atoms with van der Waals surface area (Å²) in [7, 11) is 1.43. The molecule has 0 saturated carbocycles. The lowest BCUT2D eigenvalue weighted by atomic mass is 9.99. The van der Waals surface area contributed by atoms with E-state index in [2.05, 4.69) is 20.7 Å². The largest absolute Gasteiger partial charge is 0.399 e. The number of carbonyl (C=O) groups excluding carboxylic acids is 1. The number of aromatic amines is 1. The highest BCUT2D eigenvalue weighted by Gasteiger charge is 2.24. The van der Waals surface area contributed by atoms with E-state index in [0.717, 1.165) is 17.7 Å². The van der Waals surface area contributed by atoms with E-state index < -0.39 is 23.6 Å². The standard InChI is InChI=1S/C22H21ClF2N4O2/c1-12(29-31-3)9-19(14-5-4-6-15(23)10-14)27-22(30)16-11-26-28-21(16)20-13(2)17(24)7-8-18(20)25/h4-8,10-11,19H,9H2,1-3H3,(H,26,28)(H,27,30)/b29-12+/t19-/m0/s1. The molecule has 0 radical (unpaired) electrons. The van der Waals surface area contributed by atoms with Crippen molar-refractivity contribution < 1.29 is 18.4 Å². The number of hydrogen-bond donors (Lipinski definition) is 2. The first-order chi connectivity index (χ1) is 14.8. The van der Waals surface area contributed by atoms with Gasteiger partial charge in [0.05, 0.1) is 29.2 Å². The second-order valence-electron chi connectivity index (χ2n) is 6.98. The molecule has 0 spiro atoms. The van der Waals surface area contributed by atoms with Crippen LogP contribution in [0.25, 0.3) is 11.3 Å². The van der Waals surface area contributed by atoms with Crippen molar-refractivity contribution in [1.82, 2.24) is 15.5 Å². The molecule has 9 heteroatoms. The van der Waals surface area contributed by atoms with E-state index in [4.69, 9.17) is 16.4 Å². The van der Waals surface area contributed by atoms with Crippen molar-refractivity contribution in [3.8, 4) is 11.3 Å². The number of benzene rings is 2. The minimum absolute atomic E-state index is 0.0425. The van der Waals surface area contributed by atoms with Crippen LogP contribution in [0.5, 0.6) is 0 Å².